The standard InChI is InChI=1S/C22H20ClF2N3O3/c1-27-20(23)18(19(26-27)21(24)25)22(29)28(15-12-30-13-15)11-14-6-5-9-17(10-14)31-16-7-3-2-4-8-16/h2-10,15,21H,11-13H2,1H3. The SMILES string of the molecule is Cn1nc(C(F)F)c(C(=O)N(Cc2cccc(Oc3ccccc3)c2)C2COC2)c1Cl. The molecule has 0 N–H and O–H groups in total. The molecule has 1 amide bonds. The Labute approximate surface area is 182 Å². The van der Waals surface area contributed by atoms with Crippen molar-refractivity contribution in [3.63, 3.8) is 0 Å². The van der Waals surface area contributed by atoms with E-state index in [1.54, 1.807) is 0 Å². The number of carbonyl (C=O) groups excluding carboxylic acids is 1. The smallest absolute Gasteiger partial charge is 0.283 e. The lowest BCUT2D eigenvalue weighted by Gasteiger charge is -2.37. The third-order valence-electron chi connectivity index (χ3n) is 4.98. The van der Waals surface area contributed by atoms with Gasteiger partial charge in [-0.25, -0.2) is 8.78 Å². The van der Waals surface area contributed by atoms with Crippen molar-refractivity contribution < 1.29 is 23.0 Å². The van der Waals surface area contributed by atoms with E-state index in [9.17, 15) is 13.6 Å². The summed E-state index contributed by atoms with van der Waals surface area (Å²) >= 11 is 6.15. The maximum absolute atomic E-state index is 13.5. The van der Waals surface area contributed by atoms with Crippen molar-refractivity contribution in [2.75, 3.05) is 13.2 Å². The molecule has 2 aromatic carbocycles. The lowest BCUT2D eigenvalue weighted by Crippen LogP contribution is -2.51. The van der Waals surface area contributed by atoms with Gasteiger partial charge in [0.05, 0.1) is 19.3 Å². The number of benzene rings is 2. The molecule has 0 saturated carbocycles. The van der Waals surface area contributed by atoms with E-state index in [2.05, 4.69) is 5.10 Å². The average molecular weight is 448 g/mol. The number of aromatic nitrogens is 2. The molecule has 0 unspecified atom stereocenters. The predicted octanol–water partition coefficient (Wildman–Crippen LogP) is 4.84. The first kappa shape index (κ1) is 21.3. The molecular weight excluding hydrogens is 428 g/mol. The van der Waals surface area contributed by atoms with Crippen molar-refractivity contribution in [1.82, 2.24) is 14.7 Å². The van der Waals surface area contributed by atoms with Crippen molar-refractivity contribution in [2.45, 2.75) is 19.0 Å². The lowest BCUT2D eigenvalue weighted by atomic mass is 10.1. The molecule has 1 aromatic heterocycles. The van der Waals surface area contributed by atoms with E-state index in [-0.39, 0.29) is 23.3 Å². The van der Waals surface area contributed by atoms with E-state index < -0.39 is 18.0 Å². The van der Waals surface area contributed by atoms with Crippen LogP contribution >= 0.6 is 11.6 Å². The third kappa shape index (κ3) is 4.55. The fourth-order valence-corrected chi connectivity index (χ4v) is 3.53. The van der Waals surface area contributed by atoms with Gasteiger partial charge < -0.3 is 14.4 Å². The summed E-state index contributed by atoms with van der Waals surface area (Å²) in [5.74, 6) is 0.688. The van der Waals surface area contributed by atoms with Crippen LogP contribution in [0.3, 0.4) is 0 Å². The first-order chi connectivity index (χ1) is 14.9. The summed E-state index contributed by atoms with van der Waals surface area (Å²) in [6.45, 7) is 0.842. The van der Waals surface area contributed by atoms with Gasteiger partial charge in [0.2, 0.25) is 0 Å². The van der Waals surface area contributed by atoms with Gasteiger partial charge in [-0.05, 0) is 29.8 Å². The number of aryl methyl sites for hydroxylation is 1. The summed E-state index contributed by atoms with van der Waals surface area (Å²) < 4.78 is 39.1. The highest BCUT2D eigenvalue weighted by Gasteiger charge is 2.36. The Hall–Kier alpha value is -2.97. The zero-order valence-corrected chi connectivity index (χ0v) is 17.4. The minimum absolute atomic E-state index is 0.119. The molecule has 4 rings (SSSR count). The zero-order valence-electron chi connectivity index (χ0n) is 16.7. The van der Waals surface area contributed by atoms with Gasteiger partial charge in [0.15, 0.2) is 0 Å². The first-order valence-electron chi connectivity index (χ1n) is 9.65. The number of hydrogen-bond donors (Lipinski definition) is 0. The van der Waals surface area contributed by atoms with Gasteiger partial charge in [0.1, 0.15) is 27.9 Å². The van der Waals surface area contributed by atoms with E-state index in [1.165, 1.54) is 11.9 Å². The monoisotopic (exact) mass is 447 g/mol. The van der Waals surface area contributed by atoms with Crippen LogP contribution in [-0.2, 0) is 18.3 Å². The highest BCUT2D eigenvalue weighted by molar-refractivity contribution is 6.33. The molecule has 31 heavy (non-hydrogen) atoms. The molecule has 3 aromatic rings. The second-order valence-electron chi connectivity index (χ2n) is 7.16. The van der Waals surface area contributed by atoms with Crippen molar-refractivity contribution >= 4 is 17.5 Å². The third-order valence-corrected chi connectivity index (χ3v) is 5.41. The van der Waals surface area contributed by atoms with Crippen LogP contribution in [0.25, 0.3) is 0 Å². The second kappa shape index (κ2) is 9.03. The second-order valence-corrected chi connectivity index (χ2v) is 7.52. The quantitative estimate of drug-likeness (QED) is 0.520. The minimum Gasteiger partial charge on any atom is -0.457 e. The van der Waals surface area contributed by atoms with E-state index in [4.69, 9.17) is 21.1 Å². The lowest BCUT2D eigenvalue weighted by molar-refractivity contribution is -0.0567. The molecule has 0 spiro atoms. The number of amides is 1. The number of para-hydroxylation sites is 1. The normalized spacial score (nSPS) is 13.8. The largest absolute Gasteiger partial charge is 0.457 e. The molecule has 1 aliphatic heterocycles. The number of rotatable bonds is 7. The molecule has 1 fully saturated rings. The van der Waals surface area contributed by atoms with Gasteiger partial charge >= 0.3 is 0 Å². The number of nitrogens with zero attached hydrogens (tertiary/aromatic N) is 3. The number of carbonyl (C=O) groups is 1. The molecule has 0 bridgehead atoms. The van der Waals surface area contributed by atoms with Gasteiger partial charge in [-0.3, -0.25) is 9.48 Å². The van der Waals surface area contributed by atoms with Gasteiger partial charge in [0.25, 0.3) is 12.3 Å². The van der Waals surface area contributed by atoms with Crippen LogP contribution in [0.5, 0.6) is 11.5 Å². The zero-order chi connectivity index (χ0) is 22.0. The van der Waals surface area contributed by atoms with Crippen molar-refractivity contribution in [2.24, 2.45) is 7.05 Å². The molecule has 9 heteroatoms. The maximum Gasteiger partial charge on any atom is 0.283 e. The number of ether oxygens (including phenoxy) is 2. The van der Waals surface area contributed by atoms with Crippen molar-refractivity contribution in [1.29, 1.82) is 0 Å². The van der Waals surface area contributed by atoms with Gasteiger partial charge in [0, 0.05) is 13.6 Å². The summed E-state index contributed by atoms with van der Waals surface area (Å²) in [6, 6.07) is 16.3. The van der Waals surface area contributed by atoms with Crippen molar-refractivity contribution in [3.05, 3.63) is 76.6 Å². The van der Waals surface area contributed by atoms with Crippen LogP contribution in [0, 0.1) is 0 Å². The van der Waals surface area contributed by atoms with Crippen LogP contribution < -0.4 is 4.74 Å². The predicted molar refractivity (Wildman–Crippen MR) is 111 cm³/mol. The van der Waals surface area contributed by atoms with Crippen LogP contribution in [0.4, 0.5) is 8.78 Å². The fourth-order valence-electron chi connectivity index (χ4n) is 3.32. The number of hydrogen-bond acceptors (Lipinski definition) is 4. The van der Waals surface area contributed by atoms with Gasteiger partial charge in [-0.15, -0.1) is 0 Å². The van der Waals surface area contributed by atoms with E-state index in [0.717, 1.165) is 10.2 Å². The minimum atomic E-state index is -2.92. The summed E-state index contributed by atoms with van der Waals surface area (Å²) in [5.41, 5.74) is -0.112. The van der Waals surface area contributed by atoms with Crippen LogP contribution in [0.1, 0.15) is 28.0 Å². The van der Waals surface area contributed by atoms with Crippen molar-refractivity contribution in [3.8, 4) is 11.5 Å². The molecule has 0 aliphatic carbocycles. The number of halogens is 3. The van der Waals surface area contributed by atoms with Gasteiger partial charge in [-0.2, -0.15) is 5.10 Å². The van der Waals surface area contributed by atoms with E-state index in [0.29, 0.717) is 24.7 Å². The molecule has 1 aliphatic rings. The Morgan fingerprint density at radius 2 is 1.94 bits per heavy atom. The Balaban J connectivity index is 1.60. The molecule has 162 valence electrons. The molecule has 0 atom stereocenters. The van der Waals surface area contributed by atoms with Crippen LogP contribution in [0.15, 0.2) is 54.6 Å². The van der Waals surface area contributed by atoms with E-state index >= 15 is 0 Å². The van der Waals surface area contributed by atoms with Crippen LogP contribution in [0.2, 0.25) is 5.15 Å². The highest BCUT2D eigenvalue weighted by Crippen LogP contribution is 2.31. The summed E-state index contributed by atoms with van der Waals surface area (Å²) in [4.78, 5) is 14.8. The molecule has 0 radical (unpaired) electrons. The summed E-state index contributed by atoms with van der Waals surface area (Å²) in [6.07, 6.45) is -2.92. The Bertz CT molecular complexity index is 1070. The molecule has 1 saturated heterocycles. The molecule has 2 heterocycles. The average Bonchev–Trinajstić information content (AvgIpc) is 3.02. The Morgan fingerprint density at radius 1 is 1.23 bits per heavy atom. The van der Waals surface area contributed by atoms with Gasteiger partial charge in [-0.1, -0.05) is 41.9 Å². The highest BCUT2D eigenvalue weighted by atomic mass is 35.5. The Kier molecular flexibility index (Phi) is 6.20. The Morgan fingerprint density at radius 3 is 2.58 bits per heavy atom. The summed E-state index contributed by atoms with van der Waals surface area (Å²) in [7, 11) is 1.42. The van der Waals surface area contributed by atoms with E-state index in [1.807, 2.05) is 54.6 Å². The van der Waals surface area contributed by atoms with Crippen LogP contribution in [-0.4, -0.2) is 39.8 Å². The maximum atomic E-state index is 13.5. The molecular formula is C22H20ClF2N3O3. The fraction of sp³-hybridized carbons (Fsp3) is 0.273. The molecule has 6 nitrogen and oxygen atoms in total. The first-order valence-corrected chi connectivity index (χ1v) is 10.0. The summed E-state index contributed by atoms with van der Waals surface area (Å²) in [5, 5.41) is 3.60. The topological polar surface area (TPSA) is 56.6 Å². The number of alkyl halides is 2.